The van der Waals surface area contributed by atoms with Crippen molar-refractivity contribution in [2.75, 3.05) is 31.6 Å². The Morgan fingerprint density at radius 2 is 2.00 bits per heavy atom. The van der Waals surface area contributed by atoms with Gasteiger partial charge in [-0.05, 0) is 57.4 Å². The number of rotatable bonds is 8. The van der Waals surface area contributed by atoms with Crippen LogP contribution in [0, 0.1) is 11.8 Å². The average molecular weight is 418 g/mol. The van der Waals surface area contributed by atoms with Crippen LogP contribution in [0.15, 0.2) is 18.2 Å². The average Bonchev–Trinajstić information content (AvgIpc) is 3.11. The van der Waals surface area contributed by atoms with E-state index in [-0.39, 0.29) is 42.7 Å². The number of nitrogens with two attached hydrogens (primary N) is 1. The summed E-state index contributed by atoms with van der Waals surface area (Å²) in [6.07, 6.45) is 2.91. The van der Waals surface area contributed by atoms with Gasteiger partial charge < -0.3 is 20.7 Å². The van der Waals surface area contributed by atoms with Crippen molar-refractivity contribution in [3.63, 3.8) is 0 Å². The van der Waals surface area contributed by atoms with E-state index in [0.717, 1.165) is 19.3 Å². The first-order valence-electron chi connectivity index (χ1n) is 9.21. The lowest BCUT2D eigenvalue weighted by Crippen LogP contribution is -2.34. The van der Waals surface area contributed by atoms with E-state index < -0.39 is 0 Å². The van der Waals surface area contributed by atoms with E-state index in [1.807, 2.05) is 13.8 Å². The van der Waals surface area contributed by atoms with Crippen LogP contribution >= 0.6 is 24.0 Å². The first-order valence-corrected chi connectivity index (χ1v) is 9.58. The third-order valence-electron chi connectivity index (χ3n) is 4.97. The summed E-state index contributed by atoms with van der Waals surface area (Å²) in [6, 6.07) is 5.04. The summed E-state index contributed by atoms with van der Waals surface area (Å²) in [5.74, 6) is 0.531. The van der Waals surface area contributed by atoms with E-state index in [2.05, 4.69) is 5.32 Å². The van der Waals surface area contributed by atoms with Gasteiger partial charge in [-0.3, -0.25) is 9.59 Å². The number of hydrogen-bond acceptors (Lipinski definition) is 4. The smallest absolute Gasteiger partial charge is 0.260 e. The molecule has 2 amide bonds. The maximum Gasteiger partial charge on any atom is 0.260 e. The van der Waals surface area contributed by atoms with Crippen LogP contribution in [0.25, 0.3) is 0 Å². The Kier molecular flexibility index (Phi) is 9.91. The molecule has 2 atom stereocenters. The molecule has 3 N–H and O–H groups in total. The van der Waals surface area contributed by atoms with Crippen LogP contribution in [0.1, 0.15) is 33.1 Å². The molecule has 0 aromatic heterocycles. The number of carbonyl (C=O) groups is 2. The lowest BCUT2D eigenvalue weighted by Gasteiger charge is -2.19. The van der Waals surface area contributed by atoms with Gasteiger partial charge in [0.15, 0.2) is 6.61 Å². The van der Waals surface area contributed by atoms with Gasteiger partial charge in [-0.15, -0.1) is 12.4 Å². The Morgan fingerprint density at radius 1 is 1.30 bits per heavy atom. The third-order valence-corrected chi connectivity index (χ3v) is 5.26. The number of halogens is 2. The van der Waals surface area contributed by atoms with E-state index in [0.29, 0.717) is 36.1 Å². The van der Waals surface area contributed by atoms with Crippen LogP contribution in [0.3, 0.4) is 0 Å². The van der Waals surface area contributed by atoms with Crippen molar-refractivity contribution < 1.29 is 14.3 Å². The zero-order chi connectivity index (χ0) is 19.1. The standard InChI is InChI=1S/C19H28ClN3O3.ClH/c1-3-23(4-2)18(24)12-26-17-9-8-14(10-16(17)20)22-19(25)15-7-5-6-13(15)11-21;/h8-10,13,15H,3-7,11-12,21H2,1-2H3,(H,22,25);1H/t13-,15-;/m1./s1. The van der Waals surface area contributed by atoms with Crippen molar-refractivity contribution in [3.8, 4) is 5.75 Å². The van der Waals surface area contributed by atoms with Crippen LogP contribution in [0.5, 0.6) is 5.75 Å². The predicted molar refractivity (Wildman–Crippen MR) is 111 cm³/mol. The lowest BCUT2D eigenvalue weighted by molar-refractivity contribution is -0.133. The molecule has 0 unspecified atom stereocenters. The fourth-order valence-corrected chi connectivity index (χ4v) is 3.64. The molecule has 0 bridgehead atoms. The van der Waals surface area contributed by atoms with Crippen molar-refractivity contribution in [1.82, 2.24) is 4.90 Å². The van der Waals surface area contributed by atoms with Crippen LogP contribution in [0.4, 0.5) is 5.69 Å². The highest BCUT2D eigenvalue weighted by Crippen LogP contribution is 2.33. The van der Waals surface area contributed by atoms with Gasteiger partial charge in [0.05, 0.1) is 5.02 Å². The van der Waals surface area contributed by atoms with Crippen LogP contribution in [-0.4, -0.2) is 43.0 Å². The molecule has 1 aliphatic carbocycles. The number of nitrogens with zero attached hydrogens (tertiary/aromatic N) is 1. The van der Waals surface area contributed by atoms with Gasteiger partial charge in [-0.2, -0.15) is 0 Å². The maximum atomic E-state index is 12.4. The Labute approximate surface area is 172 Å². The van der Waals surface area contributed by atoms with Gasteiger partial charge in [0.25, 0.3) is 5.91 Å². The molecule has 1 aromatic rings. The molecule has 0 radical (unpaired) electrons. The molecule has 1 fully saturated rings. The number of carbonyl (C=O) groups excluding carboxylic acids is 2. The van der Waals surface area contributed by atoms with Crippen molar-refractivity contribution in [2.24, 2.45) is 17.6 Å². The molecule has 8 heteroatoms. The van der Waals surface area contributed by atoms with E-state index in [1.54, 1.807) is 23.1 Å². The number of ether oxygens (including phenoxy) is 1. The quantitative estimate of drug-likeness (QED) is 0.678. The summed E-state index contributed by atoms with van der Waals surface area (Å²) in [7, 11) is 0. The molecular formula is C19H29Cl2N3O3. The predicted octanol–water partition coefficient (Wildman–Crippen LogP) is 3.32. The lowest BCUT2D eigenvalue weighted by atomic mass is 9.95. The molecule has 2 rings (SSSR count). The van der Waals surface area contributed by atoms with Crippen LogP contribution < -0.4 is 15.8 Å². The molecule has 0 aliphatic heterocycles. The fraction of sp³-hybridized carbons (Fsp3) is 0.579. The van der Waals surface area contributed by atoms with E-state index in [9.17, 15) is 9.59 Å². The van der Waals surface area contributed by atoms with Crippen molar-refractivity contribution in [2.45, 2.75) is 33.1 Å². The largest absolute Gasteiger partial charge is 0.482 e. The molecular weight excluding hydrogens is 389 g/mol. The molecule has 27 heavy (non-hydrogen) atoms. The highest BCUT2D eigenvalue weighted by atomic mass is 35.5. The highest BCUT2D eigenvalue weighted by Gasteiger charge is 2.31. The van der Waals surface area contributed by atoms with E-state index in [1.165, 1.54) is 0 Å². The molecule has 6 nitrogen and oxygen atoms in total. The monoisotopic (exact) mass is 417 g/mol. The molecule has 0 saturated heterocycles. The molecule has 1 aliphatic rings. The van der Waals surface area contributed by atoms with Crippen molar-refractivity contribution in [1.29, 1.82) is 0 Å². The van der Waals surface area contributed by atoms with Gasteiger partial charge >= 0.3 is 0 Å². The number of likely N-dealkylation sites (N-methyl/N-ethyl adjacent to an activating group) is 1. The highest BCUT2D eigenvalue weighted by molar-refractivity contribution is 6.32. The number of nitrogens with one attached hydrogen (secondary N) is 1. The van der Waals surface area contributed by atoms with Gasteiger partial charge in [0, 0.05) is 24.7 Å². The van der Waals surface area contributed by atoms with Crippen molar-refractivity contribution in [3.05, 3.63) is 23.2 Å². The van der Waals surface area contributed by atoms with Gasteiger partial charge in [0.2, 0.25) is 5.91 Å². The fourth-order valence-electron chi connectivity index (χ4n) is 3.40. The summed E-state index contributed by atoms with van der Waals surface area (Å²) in [5, 5.41) is 3.27. The molecule has 1 saturated carbocycles. The summed E-state index contributed by atoms with van der Waals surface area (Å²) in [6.45, 7) is 5.60. The first kappa shape index (κ1) is 23.5. The minimum absolute atomic E-state index is 0. The Balaban J connectivity index is 0.00000364. The van der Waals surface area contributed by atoms with Crippen molar-refractivity contribution >= 4 is 41.5 Å². The second-order valence-electron chi connectivity index (χ2n) is 6.52. The number of benzene rings is 1. The van der Waals surface area contributed by atoms with Crippen LogP contribution in [-0.2, 0) is 9.59 Å². The first-order chi connectivity index (χ1) is 12.5. The molecule has 152 valence electrons. The summed E-state index contributed by atoms with van der Waals surface area (Å²) >= 11 is 6.24. The number of anilines is 1. The van der Waals surface area contributed by atoms with E-state index >= 15 is 0 Å². The van der Waals surface area contributed by atoms with Crippen LogP contribution in [0.2, 0.25) is 5.02 Å². The number of hydrogen-bond donors (Lipinski definition) is 2. The normalized spacial score (nSPS) is 18.5. The van der Waals surface area contributed by atoms with Gasteiger partial charge in [-0.1, -0.05) is 18.0 Å². The number of amides is 2. The Hall–Kier alpha value is -1.50. The molecule has 1 aromatic carbocycles. The summed E-state index contributed by atoms with van der Waals surface area (Å²) in [4.78, 5) is 26.1. The third kappa shape index (κ3) is 6.26. The Bertz CT molecular complexity index is 639. The zero-order valence-corrected chi connectivity index (χ0v) is 17.4. The molecule has 0 spiro atoms. The second-order valence-corrected chi connectivity index (χ2v) is 6.93. The summed E-state index contributed by atoms with van der Waals surface area (Å²) < 4.78 is 5.53. The molecule has 0 heterocycles. The van der Waals surface area contributed by atoms with Gasteiger partial charge in [-0.25, -0.2) is 0 Å². The maximum absolute atomic E-state index is 12.4. The summed E-state index contributed by atoms with van der Waals surface area (Å²) in [5.41, 5.74) is 6.37. The van der Waals surface area contributed by atoms with Gasteiger partial charge in [0.1, 0.15) is 5.75 Å². The minimum Gasteiger partial charge on any atom is -0.482 e. The Morgan fingerprint density at radius 3 is 2.59 bits per heavy atom. The second kappa shape index (κ2) is 11.4. The zero-order valence-electron chi connectivity index (χ0n) is 15.9. The topological polar surface area (TPSA) is 84.7 Å². The van der Waals surface area contributed by atoms with E-state index in [4.69, 9.17) is 22.1 Å². The minimum atomic E-state index is -0.0856. The SMILES string of the molecule is CCN(CC)C(=O)COc1ccc(NC(=O)[C@@H]2CCC[C@@H]2CN)cc1Cl.Cl.